The minimum atomic E-state index is 0.625. The second kappa shape index (κ2) is 5.47. The van der Waals surface area contributed by atoms with Crippen LogP contribution in [0.4, 0.5) is 5.69 Å². The van der Waals surface area contributed by atoms with E-state index in [4.69, 9.17) is 23.2 Å². The number of rotatable bonds is 2. The fourth-order valence-electron chi connectivity index (χ4n) is 2.22. The zero-order chi connectivity index (χ0) is 12.4. The Morgan fingerprint density at radius 1 is 0.941 bits per heavy atom. The Hall–Kier alpha value is -0.440. The lowest BCUT2D eigenvalue weighted by molar-refractivity contribution is 0.209. The molecule has 0 aromatic heterocycles. The first kappa shape index (κ1) is 13.0. The fraction of sp³-hybridized carbons (Fsp3) is 0.538. The Kier molecular flexibility index (Phi) is 4.18. The van der Waals surface area contributed by atoms with Gasteiger partial charge in [-0.15, -0.1) is 0 Å². The third-order valence-corrected chi connectivity index (χ3v) is 3.69. The van der Waals surface area contributed by atoms with E-state index in [0.29, 0.717) is 16.1 Å². The van der Waals surface area contributed by atoms with Crippen LogP contribution in [0.15, 0.2) is 18.2 Å². The largest absolute Gasteiger partial charge is 0.369 e. The molecule has 1 saturated heterocycles. The van der Waals surface area contributed by atoms with Crippen LogP contribution in [0.3, 0.4) is 0 Å². The van der Waals surface area contributed by atoms with Crippen LogP contribution in [-0.4, -0.2) is 37.1 Å². The molecule has 4 heteroatoms. The third-order valence-electron chi connectivity index (χ3n) is 3.26. The second-order valence-corrected chi connectivity index (χ2v) is 5.62. The van der Waals surface area contributed by atoms with Crippen LogP contribution < -0.4 is 4.90 Å². The summed E-state index contributed by atoms with van der Waals surface area (Å²) < 4.78 is 0. The predicted molar refractivity (Wildman–Crippen MR) is 75.4 cm³/mol. The van der Waals surface area contributed by atoms with Gasteiger partial charge in [0.05, 0.1) is 0 Å². The number of piperazine rings is 1. The van der Waals surface area contributed by atoms with E-state index >= 15 is 0 Å². The molecule has 94 valence electrons. The number of nitrogens with zero attached hydrogens (tertiary/aromatic N) is 2. The molecule has 2 nitrogen and oxygen atoms in total. The van der Waals surface area contributed by atoms with Crippen LogP contribution in [0, 0.1) is 0 Å². The average Bonchev–Trinajstić information content (AvgIpc) is 2.28. The monoisotopic (exact) mass is 272 g/mol. The van der Waals surface area contributed by atoms with Crippen molar-refractivity contribution < 1.29 is 0 Å². The van der Waals surface area contributed by atoms with Gasteiger partial charge in [0.15, 0.2) is 0 Å². The summed E-state index contributed by atoms with van der Waals surface area (Å²) in [4.78, 5) is 4.83. The van der Waals surface area contributed by atoms with Crippen LogP contribution in [0.2, 0.25) is 10.0 Å². The van der Waals surface area contributed by atoms with Crippen molar-refractivity contribution in [3.8, 4) is 0 Å². The third kappa shape index (κ3) is 3.27. The SMILES string of the molecule is CC(C)N1CCN(c2cc(Cl)cc(Cl)c2)CC1. The minimum Gasteiger partial charge on any atom is -0.369 e. The smallest absolute Gasteiger partial charge is 0.0441 e. The molecule has 0 radical (unpaired) electrons. The topological polar surface area (TPSA) is 6.48 Å². The quantitative estimate of drug-likeness (QED) is 0.813. The molecule has 1 fully saturated rings. The first-order chi connectivity index (χ1) is 8.06. The Balaban J connectivity index is 2.05. The van der Waals surface area contributed by atoms with Gasteiger partial charge in [0.25, 0.3) is 0 Å². The van der Waals surface area contributed by atoms with E-state index in [1.165, 1.54) is 0 Å². The molecule has 1 aliphatic rings. The molecule has 0 N–H and O–H groups in total. The van der Waals surface area contributed by atoms with E-state index in [1.54, 1.807) is 6.07 Å². The van der Waals surface area contributed by atoms with E-state index in [2.05, 4.69) is 23.6 Å². The van der Waals surface area contributed by atoms with Crippen LogP contribution >= 0.6 is 23.2 Å². The zero-order valence-electron chi connectivity index (χ0n) is 10.3. The Labute approximate surface area is 113 Å². The Morgan fingerprint density at radius 3 is 1.94 bits per heavy atom. The summed E-state index contributed by atoms with van der Waals surface area (Å²) in [6.07, 6.45) is 0. The first-order valence-electron chi connectivity index (χ1n) is 6.01. The lowest BCUT2D eigenvalue weighted by Gasteiger charge is -2.38. The molecular formula is C13H18Cl2N2. The molecular weight excluding hydrogens is 255 g/mol. The summed E-state index contributed by atoms with van der Waals surface area (Å²) >= 11 is 12.1. The highest BCUT2D eigenvalue weighted by molar-refractivity contribution is 6.35. The van der Waals surface area contributed by atoms with Crippen molar-refractivity contribution in [2.24, 2.45) is 0 Å². The van der Waals surface area contributed by atoms with Gasteiger partial charge in [-0.25, -0.2) is 0 Å². The van der Waals surface area contributed by atoms with Gasteiger partial charge in [-0.1, -0.05) is 23.2 Å². The lowest BCUT2D eigenvalue weighted by atomic mass is 10.2. The van der Waals surface area contributed by atoms with Crippen molar-refractivity contribution in [3.63, 3.8) is 0 Å². The van der Waals surface area contributed by atoms with Gasteiger partial charge < -0.3 is 4.90 Å². The summed E-state index contributed by atoms with van der Waals surface area (Å²) in [6.45, 7) is 8.76. The number of hydrogen-bond acceptors (Lipinski definition) is 2. The van der Waals surface area contributed by atoms with Crippen molar-refractivity contribution in [2.75, 3.05) is 31.1 Å². The normalized spacial score (nSPS) is 17.8. The summed E-state index contributed by atoms with van der Waals surface area (Å²) in [5.41, 5.74) is 1.13. The maximum Gasteiger partial charge on any atom is 0.0441 e. The molecule has 1 heterocycles. The summed E-state index contributed by atoms with van der Waals surface area (Å²) in [7, 11) is 0. The predicted octanol–water partition coefficient (Wildman–Crippen LogP) is 3.52. The average molecular weight is 273 g/mol. The molecule has 0 saturated carbocycles. The number of hydrogen-bond donors (Lipinski definition) is 0. The van der Waals surface area contributed by atoms with Gasteiger partial charge in [-0.3, -0.25) is 4.90 Å². The van der Waals surface area contributed by atoms with E-state index in [-0.39, 0.29) is 0 Å². The van der Waals surface area contributed by atoms with Crippen molar-refractivity contribution in [3.05, 3.63) is 28.2 Å². The highest BCUT2D eigenvalue weighted by atomic mass is 35.5. The molecule has 2 rings (SSSR count). The van der Waals surface area contributed by atoms with Crippen LogP contribution in [0.25, 0.3) is 0 Å². The van der Waals surface area contributed by atoms with Gasteiger partial charge in [-0.05, 0) is 32.0 Å². The number of anilines is 1. The molecule has 1 aliphatic heterocycles. The van der Waals surface area contributed by atoms with Gasteiger partial charge >= 0.3 is 0 Å². The fourth-order valence-corrected chi connectivity index (χ4v) is 2.73. The van der Waals surface area contributed by atoms with E-state index in [1.807, 2.05) is 12.1 Å². The zero-order valence-corrected chi connectivity index (χ0v) is 11.8. The van der Waals surface area contributed by atoms with E-state index in [9.17, 15) is 0 Å². The van der Waals surface area contributed by atoms with Gasteiger partial charge in [0.2, 0.25) is 0 Å². The molecule has 0 aliphatic carbocycles. The first-order valence-corrected chi connectivity index (χ1v) is 6.77. The van der Waals surface area contributed by atoms with Gasteiger partial charge in [0.1, 0.15) is 0 Å². The van der Waals surface area contributed by atoms with Gasteiger partial charge in [-0.2, -0.15) is 0 Å². The molecule has 1 aromatic rings. The molecule has 0 bridgehead atoms. The van der Waals surface area contributed by atoms with Crippen molar-refractivity contribution in [1.82, 2.24) is 4.90 Å². The Morgan fingerprint density at radius 2 is 1.47 bits per heavy atom. The Bertz CT molecular complexity index is 365. The van der Waals surface area contributed by atoms with Crippen molar-refractivity contribution in [2.45, 2.75) is 19.9 Å². The molecule has 0 unspecified atom stereocenters. The lowest BCUT2D eigenvalue weighted by Crippen LogP contribution is -2.48. The molecule has 1 aromatic carbocycles. The second-order valence-electron chi connectivity index (χ2n) is 4.74. The molecule has 17 heavy (non-hydrogen) atoms. The molecule has 0 spiro atoms. The highest BCUT2D eigenvalue weighted by Gasteiger charge is 2.19. The van der Waals surface area contributed by atoms with E-state index in [0.717, 1.165) is 31.9 Å². The number of halogens is 2. The van der Waals surface area contributed by atoms with Crippen LogP contribution in [-0.2, 0) is 0 Å². The molecule has 0 amide bonds. The van der Waals surface area contributed by atoms with Gasteiger partial charge in [0, 0.05) is 48.0 Å². The van der Waals surface area contributed by atoms with Crippen molar-refractivity contribution >= 4 is 28.9 Å². The van der Waals surface area contributed by atoms with Crippen molar-refractivity contribution in [1.29, 1.82) is 0 Å². The standard InChI is InChI=1S/C13H18Cl2N2/c1-10(2)16-3-5-17(6-4-16)13-8-11(14)7-12(15)9-13/h7-10H,3-6H2,1-2H3. The number of benzene rings is 1. The maximum atomic E-state index is 6.03. The highest BCUT2D eigenvalue weighted by Crippen LogP contribution is 2.26. The van der Waals surface area contributed by atoms with Crippen LogP contribution in [0.5, 0.6) is 0 Å². The van der Waals surface area contributed by atoms with Crippen LogP contribution in [0.1, 0.15) is 13.8 Å². The summed E-state index contributed by atoms with van der Waals surface area (Å²) in [6, 6.07) is 6.37. The summed E-state index contributed by atoms with van der Waals surface area (Å²) in [5, 5.41) is 1.41. The summed E-state index contributed by atoms with van der Waals surface area (Å²) in [5.74, 6) is 0. The maximum absolute atomic E-state index is 6.03. The molecule has 0 atom stereocenters. The minimum absolute atomic E-state index is 0.625. The van der Waals surface area contributed by atoms with E-state index < -0.39 is 0 Å².